The van der Waals surface area contributed by atoms with Gasteiger partial charge in [0.15, 0.2) is 0 Å². The summed E-state index contributed by atoms with van der Waals surface area (Å²) < 4.78 is 0. The minimum absolute atomic E-state index is 0.182. The Labute approximate surface area is 116 Å². The van der Waals surface area contributed by atoms with Crippen molar-refractivity contribution in [3.05, 3.63) is 35.4 Å². The van der Waals surface area contributed by atoms with Gasteiger partial charge in [0.2, 0.25) is 0 Å². The quantitative estimate of drug-likeness (QED) is 0.699. The molecule has 0 atom stereocenters. The Hall–Kier alpha value is -1.29. The molecule has 0 aliphatic heterocycles. The summed E-state index contributed by atoms with van der Waals surface area (Å²) in [5.74, 6) is 0. The summed E-state index contributed by atoms with van der Waals surface area (Å²) in [6.45, 7) is 2.11. The fraction of sp³-hybridized carbons (Fsp3) is 0.611. The Balaban J connectivity index is 1.81. The molecule has 3 rings (SSSR count). The molecule has 0 bridgehead atoms. The van der Waals surface area contributed by atoms with Crippen LogP contribution >= 0.6 is 0 Å². The van der Waals surface area contributed by atoms with Crippen LogP contribution in [-0.2, 0) is 5.41 Å². The van der Waals surface area contributed by atoms with Crippen LogP contribution in [0.4, 0.5) is 0 Å². The highest BCUT2D eigenvalue weighted by molar-refractivity contribution is 5.39. The van der Waals surface area contributed by atoms with Crippen molar-refractivity contribution < 1.29 is 0 Å². The maximum absolute atomic E-state index is 9.69. The van der Waals surface area contributed by atoms with E-state index in [2.05, 4.69) is 37.3 Å². The van der Waals surface area contributed by atoms with E-state index in [4.69, 9.17) is 0 Å². The summed E-state index contributed by atoms with van der Waals surface area (Å²) in [5, 5.41) is 9.69. The molecule has 100 valence electrons. The van der Waals surface area contributed by atoms with E-state index in [9.17, 15) is 5.26 Å². The maximum atomic E-state index is 9.69. The summed E-state index contributed by atoms with van der Waals surface area (Å²) in [5.41, 5.74) is 2.84. The lowest BCUT2D eigenvalue weighted by molar-refractivity contribution is 0.0398. The SMILES string of the molecule is Cc1ccc(C2(C#N)CC3(CCCCCC3)C2)cc1. The van der Waals surface area contributed by atoms with Crippen molar-refractivity contribution in [3.63, 3.8) is 0 Å². The van der Waals surface area contributed by atoms with Crippen LogP contribution in [0.25, 0.3) is 0 Å². The fourth-order valence-corrected chi connectivity index (χ4v) is 4.28. The molecule has 2 aliphatic carbocycles. The van der Waals surface area contributed by atoms with Gasteiger partial charge in [-0.15, -0.1) is 0 Å². The predicted molar refractivity (Wildman–Crippen MR) is 77.8 cm³/mol. The van der Waals surface area contributed by atoms with Gasteiger partial charge in [-0.1, -0.05) is 55.5 Å². The minimum atomic E-state index is -0.182. The third kappa shape index (κ3) is 2.18. The third-order valence-electron chi connectivity index (χ3n) is 5.34. The van der Waals surface area contributed by atoms with E-state index in [1.165, 1.54) is 49.7 Å². The normalized spacial score (nSPS) is 24.2. The molecule has 0 amide bonds. The minimum Gasteiger partial charge on any atom is -0.197 e. The molecule has 0 aromatic heterocycles. The smallest absolute Gasteiger partial charge is 0.0833 e. The van der Waals surface area contributed by atoms with Crippen LogP contribution < -0.4 is 0 Å². The zero-order valence-corrected chi connectivity index (χ0v) is 11.9. The molecule has 0 unspecified atom stereocenters. The molecule has 1 aromatic carbocycles. The monoisotopic (exact) mass is 253 g/mol. The second-order valence-electron chi connectivity index (χ2n) is 6.83. The van der Waals surface area contributed by atoms with Crippen LogP contribution in [0.3, 0.4) is 0 Å². The molecule has 1 heteroatoms. The number of nitriles is 1. The van der Waals surface area contributed by atoms with Gasteiger partial charge in [0, 0.05) is 0 Å². The lowest BCUT2D eigenvalue weighted by Gasteiger charge is -2.53. The lowest BCUT2D eigenvalue weighted by Crippen LogP contribution is -2.48. The second-order valence-corrected chi connectivity index (χ2v) is 6.83. The molecule has 0 radical (unpaired) electrons. The standard InChI is InChI=1S/C18H23N/c1-15-6-8-16(9-7-15)18(14-19)12-17(13-18)10-4-2-3-5-11-17/h6-9H,2-5,10-13H2,1H3. The van der Waals surface area contributed by atoms with Gasteiger partial charge in [-0.2, -0.15) is 5.26 Å². The molecule has 1 aromatic rings. The van der Waals surface area contributed by atoms with E-state index >= 15 is 0 Å². The van der Waals surface area contributed by atoms with Crippen molar-refractivity contribution >= 4 is 0 Å². The van der Waals surface area contributed by atoms with E-state index in [1.807, 2.05) is 0 Å². The first-order chi connectivity index (χ1) is 9.18. The van der Waals surface area contributed by atoms with Crippen LogP contribution in [-0.4, -0.2) is 0 Å². The lowest BCUT2D eigenvalue weighted by atomic mass is 9.49. The third-order valence-corrected chi connectivity index (χ3v) is 5.34. The van der Waals surface area contributed by atoms with Gasteiger partial charge in [0.1, 0.15) is 0 Å². The summed E-state index contributed by atoms with van der Waals surface area (Å²) in [4.78, 5) is 0. The van der Waals surface area contributed by atoms with Crippen molar-refractivity contribution in [2.45, 2.75) is 63.7 Å². The average molecular weight is 253 g/mol. The zero-order chi connectivity index (χ0) is 13.3. The predicted octanol–water partition coefficient (Wildman–Crippen LogP) is 4.89. The topological polar surface area (TPSA) is 23.8 Å². The van der Waals surface area contributed by atoms with E-state index in [-0.39, 0.29) is 5.41 Å². The molecule has 2 fully saturated rings. The average Bonchev–Trinajstić information content (AvgIpc) is 2.63. The van der Waals surface area contributed by atoms with E-state index in [0.717, 1.165) is 12.8 Å². The Morgan fingerprint density at radius 3 is 2.05 bits per heavy atom. The van der Waals surface area contributed by atoms with Crippen molar-refractivity contribution in [2.24, 2.45) is 5.41 Å². The Kier molecular flexibility index (Phi) is 3.13. The maximum Gasteiger partial charge on any atom is 0.0833 e. The van der Waals surface area contributed by atoms with E-state index in [0.29, 0.717) is 5.41 Å². The Morgan fingerprint density at radius 1 is 0.947 bits per heavy atom. The van der Waals surface area contributed by atoms with Crippen molar-refractivity contribution in [1.29, 1.82) is 5.26 Å². The van der Waals surface area contributed by atoms with Gasteiger partial charge in [-0.25, -0.2) is 0 Å². The van der Waals surface area contributed by atoms with Crippen LogP contribution in [0.15, 0.2) is 24.3 Å². The molecular formula is C18H23N. The first-order valence-corrected chi connectivity index (χ1v) is 7.67. The molecule has 2 saturated carbocycles. The van der Waals surface area contributed by atoms with Gasteiger partial charge in [-0.3, -0.25) is 0 Å². The van der Waals surface area contributed by atoms with Crippen LogP contribution in [0.2, 0.25) is 0 Å². The van der Waals surface area contributed by atoms with Gasteiger partial charge >= 0.3 is 0 Å². The van der Waals surface area contributed by atoms with Crippen LogP contribution in [0.1, 0.15) is 62.5 Å². The van der Waals surface area contributed by atoms with Gasteiger partial charge in [-0.05, 0) is 43.6 Å². The first kappa shape index (κ1) is 12.7. The highest BCUT2D eigenvalue weighted by Crippen LogP contribution is 2.61. The number of hydrogen-bond acceptors (Lipinski definition) is 1. The Morgan fingerprint density at radius 2 is 1.53 bits per heavy atom. The summed E-state index contributed by atoms with van der Waals surface area (Å²) >= 11 is 0. The van der Waals surface area contributed by atoms with E-state index in [1.54, 1.807) is 0 Å². The summed E-state index contributed by atoms with van der Waals surface area (Å²) in [7, 11) is 0. The van der Waals surface area contributed by atoms with Crippen LogP contribution in [0.5, 0.6) is 0 Å². The number of hydrogen-bond donors (Lipinski definition) is 0. The molecule has 19 heavy (non-hydrogen) atoms. The van der Waals surface area contributed by atoms with Crippen molar-refractivity contribution in [3.8, 4) is 6.07 Å². The van der Waals surface area contributed by atoms with E-state index < -0.39 is 0 Å². The molecular weight excluding hydrogens is 230 g/mol. The highest BCUT2D eigenvalue weighted by atomic mass is 14.6. The number of aryl methyl sites for hydroxylation is 1. The van der Waals surface area contributed by atoms with Crippen LogP contribution in [0, 0.1) is 23.7 Å². The number of nitrogens with zero attached hydrogens (tertiary/aromatic N) is 1. The van der Waals surface area contributed by atoms with Crippen molar-refractivity contribution in [2.75, 3.05) is 0 Å². The molecule has 1 nitrogen and oxygen atoms in total. The first-order valence-electron chi connectivity index (χ1n) is 7.67. The van der Waals surface area contributed by atoms with Crippen molar-refractivity contribution in [1.82, 2.24) is 0 Å². The Bertz CT molecular complexity index is 475. The fourth-order valence-electron chi connectivity index (χ4n) is 4.28. The van der Waals surface area contributed by atoms with Gasteiger partial charge in [0.25, 0.3) is 0 Å². The molecule has 2 aliphatic rings. The number of benzene rings is 1. The molecule has 0 heterocycles. The van der Waals surface area contributed by atoms with Gasteiger partial charge in [0.05, 0.1) is 11.5 Å². The second kappa shape index (κ2) is 4.67. The molecule has 1 spiro atoms. The largest absolute Gasteiger partial charge is 0.197 e. The molecule has 0 saturated heterocycles. The summed E-state index contributed by atoms with van der Waals surface area (Å²) in [6.07, 6.45) is 10.4. The highest BCUT2D eigenvalue weighted by Gasteiger charge is 2.55. The summed E-state index contributed by atoms with van der Waals surface area (Å²) in [6, 6.07) is 11.3. The zero-order valence-electron chi connectivity index (χ0n) is 11.9. The number of rotatable bonds is 1. The van der Waals surface area contributed by atoms with Gasteiger partial charge < -0.3 is 0 Å². The molecule has 0 N–H and O–H groups in total.